The average Bonchev–Trinajstić information content (AvgIpc) is 2.86. The number of rotatable bonds is 4. The summed E-state index contributed by atoms with van der Waals surface area (Å²) >= 11 is 1.42. The highest BCUT2D eigenvalue weighted by molar-refractivity contribution is 7.99. The van der Waals surface area contributed by atoms with Gasteiger partial charge < -0.3 is 4.90 Å². The number of hydrogen-bond donors (Lipinski definition) is 1. The van der Waals surface area contributed by atoms with Crippen molar-refractivity contribution < 1.29 is 4.79 Å². The van der Waals surface area contributed by atoms with Gasteiger partial charge in [0.2, 0.25) is 11.1 Å². The van der Waals surface area contributed by atoms with E-state index >= 15 is 0 Å². The number of carbonyl (C=O) groups is 1. The molecule has 1 N–H and O–H groups in total. The molecular formula is C13H22N4OS. The molecule has 19 heavy (non-hydrogen) atoms. The van der Waals surface area contributed by atoms with Gasteiger partial charge in [0.1, 0.15) is 5.82 Å². The minimum Gasteiger partial charge on any atom is -0.342 e. The van der Waals surface area contributed by atoms with E-state index in [0.717, 1.165) is 37.7 Å². The maximum absolute atomic E-state index is 12.1. The minimum absolute atomic E-state index is 0.202. The van der Waals surface area contributed by atoms with Crippen LogP contribution in [-0.4, -0.2) is 44.8 Å². The summed E-state index contributed by atoms with van der Waals surface area (Å²) in [6.45, 7) is 8.17. The van der Waals surface area contributed by atoms with Gasteiger partial charge in [0, 0.05) is 19.0 Å². The second-order valence-corrected chi connectivity index (χ2v) is 6.45. The number of nitrogens with one attached hydrogen (secondary N) is 1. The van der Waals surface area contributed by atoms with E-state index in [1.54, 1.807) is 0 Å². The normalized spacial score (nSPS) is 17.2. The number of nitrogens with zero attached hydrogens (tertiary/aromatic N) is 3. The molecule has 106 valence electrons. The molecule has 1 aromatic rings. The van der Waals surface area contributed by atoms with E-state index in [4.69, 9.17) is 0 Å². The first-order chi connectivity index (χ1) is 9.06. The van der Waals surface area contributed by atoms with Crippen LogP contribution in [0.2, 0.25) is 0 Å². The lowest BCUT2D eigenvalue weighted by molar-refractivity contribution is -0.129. The fourth-order valence-electron chi connectivity index (χ4n) is 2.06. The van der Waals surface area contributed by atoms with Crippen LogP contribution in [0.5, 0.6) is 0 Å². The van der Waals surface area contributed by atoms with Crippen molar-refractivity contribution >= 4 is 17.7 Å². The summed E-state index contributed by atoms with van der Waals surface area (Å²) in [4.78, 5) is 18.4. The van der Waals surface area contributed by atoms with Gasteiger partial charge in [0.15, 0.2) is 0 Å². The quantitative estimate of drug-likeness (QED) is 0.861. The number of amides is 1. The highest BCUT2D eigenvalue weighted by atomic mass is 32.2. The lowest BCUT2D eigenvalue weighted by atomic mass is 9.99. The molecule has 0 saturated carbocycles. The molecule has 0 spiro atoms. The first-order valence-corrected chi connectivity index (χ1v) is 7.87. The Balaban J connectivity index is 1.79. The van der Waals surface area contributed by atoms with Crippen LogP contribution in [0.25, 0.3) is 0 Å². The Labute approximate surface area is 118 Å². The predicted molar refractivity (Wildman–Crippen MR) is 76.2 cm³/mol. The molecule has 0 aromatic carbocycles. The highest BCUT2D eigenvalue weighted by Crippen LogP contribution is 2.19. The van der Waals surface area contributed by atoms with Crippen molar-refractivity contribution in [2.75, 3.05) is 18.8 Å². The average molecular weight is 282 g/mol. The maximum atomic E-state index is 12.1. The highest BCUT2D eigenvalue weighted by Gasteiger charge is 2.20. The number of aromatic amines is 1. The van der Waals surface area contributed by atoms with E-state index < -0.39 is 0 Å². The molecule has 1 amide bonds. The molecule has 0 aliphatic carbocycles. The van der Waals surface area contributed by atoms with Gasteiger partial charge in [-0.05, 0) is 18.8 Å². The Morgan fingerprint density at radius 3 is 2.74 bits per heavy atom. The Hall–Kier alpha value is -1.04. The van der Waals surface area contributed by atoms with Crippen molar-refractivity contribution in [3.05, 3.63) is 5.82 Å². The first-order valence-electron chi connectivity index (χ1n) is 6.89. The first kappa shape index (κ1) is 14.4. The third-order valence-electron chi connectivity index (χ3n) is 3.49. The van der Waals surface area contributed by atoms with Crippen molar-refractivity contribution in [2.24, 2.45) is 5.92 Å². The number of aromatic nitrogens is 3. The van der Waals surface area contributed by atoms with E-state index in [1.165, 1.54) is 11.8 Å². The summed E-state index contributed by atoms with van der Waals surface area (Å²) in [5.74, 6) is 2.60. The van der Waals surface area contributed by atoms with Gasteiger partial charge in [-0.2, -0.15) is 0 Å². The largest absolute Gasteiger partial charge is 0.342 e. The molecule has 1 saturated heterocycles. The van der Waals surface area contributed by atoms with Crippen molar-refractivity contribution in [1.29, 1.82) is 0 Å². The summed E-state index contributed by atoms with van der Waals surface area (Å²) in [6.07, 6.45) is 2.24. The van der Waals surface area contributed by atoms with E-state index in [0.29, 0.717) is 16.8 Å². The fourth-order valence-corrected chi connectivity index (χ4v) is 2.76. The second kappa shape index (κ2) is 6.41. The smallest absolute Gasteiger partial charge is 0.233 e. The summed E-state index contributed by atoms with van der Waals surface area (Å²) in [6, 6.07) is 0. The van der Waals surface area contributed by atoms with Gasteiger partial charge >= 0.3 is 0 Å². The molecule has 6 heteroatoms. The van der Waals surface area contributed by atoms with Gasteiger partial charge in [-0.25, -0.2) is 4.98 Å². The van der Waals surface area contributed by atoms with Crippen LogP contribution in [0.4, 0.5) is 0 Å². The molecule has 0 radical (unpaired) electrons. The fraction of sp³-hybridized carbons (Fsp3) is 0.769. The van der Waals surface area contributed by atoms with E-state index in [1.807, 2.05) is 4.90 Å². The van der Waals surface area contributed by atoms with Crippen molar-refractivity contribution in [3.8, 4) is 0 Å². The topological polar surface area (TPSA) is 61.9 Å². The molecule has 2 rings (SSSR count). The van der Waals surface area contributed by atoms with Crippen LogP contribution in [0.15, 0.2) is 5.16 Å². The van der Waals surface area contributed by atoms with Gasteiger partial charge in [-0.15, -0.1) is 5.10 Å². The van der Waals surface area contributed by atoms with E-state index in [2.05, 4.69) is 36.0 Å². The van der Waals surface area contributed by atoms with Crippen LogP contribution in [0, 0.1) is 5.92 Å². The molecule has 0 bridgehead atoms. The van der Waals surface area contributed by atoms with Crippen molar-refractivity contribution in [3.63, 3.8) is 0 Å². The molecule has 2 heterocycles. The zero-order valence-corrected chi connectivity index (χ0v) is 12.7. The summed E-state index contributed by atoms with van der Waals surface area (Å²) in [5, 5.41) is 7.70. The van der Waals surface area contributed by atoms with Gasteiger partial charge in [-0.3, -0.25) is 9.89 Å². The molecule has 1 fully saturated rings. The molecule has 1 aliphatic rings. The number of carbonyl (C=O) groups excluding carboxylic acids is 1. The van der Waals surface area contributed by atoms with Crippen LogP contribution in [0.3, 0.4) is 0 Å². The van der Waals surface area contributed by atoms with Gasteiger partial charge in [-0.1, -0.05) is 32.5 Å². The number of hydrogen-bond acceptors (Lipinski definition) is 4. The van der Waals surface area contributed by atoms with Gasteiger partial charge in [0.25, 0.3) is 0 Å². The lowest BCUT2D eigenvalue weighted by Gasteiger charge is -2.30. The second-order valence-electron chi connectivity index (χ2n) is 5.51. The van der Waals surface area contributed by atoms with E-state index in [-0.39, 0.29) is 5.91 Å². The monoisotopic (exact) mass is 282 g/mol. The number of likely N-dealkylation sites (tertiary alicyclic amines) is 1. The molecular weight excluding hydrogens is 260 g/mol. The predicted octanol–water partition coefficient (Wildman–Crippen LogP) is 2.28. The zero-order valence-electron chi connectivity index (χ0n) is 11.8. The van der Waals surface area contributed by atoms with Crippen LogP contribution in [-0.2, 0) is 4.79 Å². The summed E-state index contributed by atoms with van der Waals surface area (Å²) in [5.41, 5.74) is 0. The Morgan fingerprint density at radius 2 is 2.16 bits per heavy atom. The zero-order chi connectivity index (χ0) is 13.8. The SMILES string of the molecule is CC1CCN(C(=O)CSc2n[nH]c(C(C)C)n2)CC1. The van der Waals surface area contributed by atoms with Crippen LogP contribution < -0.4 is 0 Å². The number of H-pyrrole nitrogens is 1. The Kier molecular flexibility index (Phi) is 4.85. The standard InChI is InChI=1S/C13H22N4OS/c1-9(2)12-14-13(16-15-12)19-8-11(18)17-6-4-10(3)5-7-17/h9-10H,4-8H2,1-3H3,(H,14,15,16). The Bertz CT molecular complexity index is 424. The maximum Gasteiger partial charge on any atom is 0.233 e. The van der Waals surface area contributed by atoms with Crippen LogP contribution >= 0.6 is 11.8 Å². The van der Waals surface area contributed by atoms with E-state index in [9.17, 15) is 4.79 Å². The summed E-state index contributed by atoms with van der Waals surface area (Å²) < 4.78 is 0. The van der Waals surface area contributed by atoms with Gasteiger partial charge in [0.05, 0.1) is 5.75 Å². The van der Waals surface area contributed by atoms with Crippen LogP contribution in [0.1, 0.15) is 45.4 Å². The van der Waals surface area contributed by atoms with Crippen molar-refractivity contribution in [1.82, 2.24) is 20.1 Å². The minimum atomic E-state index is 0.202. The Morgan fingerprint density at radius 1 is 1.47 bits per heavy atom. The molecule has 1 aliphatic heterocycles. The summed E-state index contributed by atoms with van der Waals surface area (Å²) in [7, 11) is 0. The third-order valence-corrected chi connectivity index (χ3v) is 4.32. The third kappa shape index (κ3) is 3.96. The number of thioether (sulfide) groups is 1. The lowest BCUT2D eigenvalue weighted by Crippen LogP contribution is -2.38. The molecule has 5 nitrogen and oxygen atoms in total. The number of piperidine rings is 1. The molecule has 1 aromatic heterocycles. The van der Waals surface area contributed by atoms with Crippen molar-refractivity contribution in [2.45, 2.75) is 44.7 Å². The molecule has 0 atom stereocenters. The molecule has 0 unspecified atom stereocenters.